The van der Waals surface area contributed by atoms with Gasteiger partial charge in [0, 0.05) is 34.8 Å². The van der Waals surface area contributed by atoms with Crippen LogP contribution in [0.2, 0.25) is 0 Å². The van der Waals surface area contributed by atoms with Crippen molar-refractivity contribution in [2.75, 3.05) is 13.7 Å². The Morgan fingerprint density at radius 3 is 2.66 bits per heavy atom. The molecule has 1 aliphatic rings. The summed E-state index contributed by atoms with van der Waals surface area (Å²) in [6, 6.07) is 19.6. The lowest BCUT2D eigenvalue weighted by Crippen LogP contribution is -1.98. The summed E-state index contributed by atoms with van der Waals surface area (Å²) in [7, 11) is 1.65. The second-order valence-electron chi connectivity index (χ2n) is 8.38. The zero-order valence-corrected chi connectivity index (χ0v) is 20.1. The highest BCUT2D eigenvalue weighted by Crippen LogP contribution is 2.40. The van der Waals surface area contributed by atoms with Crippen molar-refractivity contribution in [1.82, 2.24) is 4.57 Å². The smallest absolute Gasteiger partial charge is 0.231 e. The predicted molar refractivity (Wildman–Crippen MR) is 139 cm³/mol. The fourth-order valence-corrected chi connectivity index (χ4v) is 4.36. The van der Waals surface area contributed by atoms with Gasteiger partial charge in [0.25, 0.3) is 0 Å². The summed E-state index contributed by atoms with van der Waals surface area (Å²) in [6.07, 6.45) is 7.85. The molecule has 0 bridgehead atoms. The van der Waals surface area contributed by atoms with Crippen LogP contribution < -0.4 is 14.2 Å². The Morgan fingerprint density at radius 2 is 1.89 bits per heavy atom. The SMILES string of the molecule is CCn1cc(/C=C2\Oc3c(ccc(OC/C=C/c4ccccc4)c3C)C2=O)c2cc(OC)ccc21. The number of carbonyl (C=O) groups excluding carboxylic acids is 1. The third-order valence-corrected chi connectivity index (χ3v) is 6.23. The lowest BCUT2D eigenvalue weighted by atomic mass is 10.1. The number of aromatic nitrogens is 1. The van der Waals surface area contributed by atoms with E-state index in [4.69, 9.17) is 14.2 Å². The van der Waals surface area contributed by atoms with E-state index in [1.807, 2.05) is 85.9 Å². The quantitative estimate of drug-likeness (QED) is 0.286. The average molecular weight is 466 g/mol. The minimum atomic E-state index is -0.126. The molecule has 5 rings (SSSR count). The normalized spacial score (nSPS) is 14.0. The molecule has 5 nitrogen and oxygen atoms in total. The average Bonchev–Trinajstić information content (AvgIpc) is 3.40. The van der Waals surface area contributed by atoms with Gasteiger partial charge in [-0.1, -0.05) is 36.4 Å². The Hall–Kier alpha value is -4.25. The fraction of sp³-hybridized carbons (Fsp3) is 0.167. The molecular formula is C30H27NO4. The number of hydrogen-bond acceptors (Lipinski definition) is 4. The Bertz CT molecular complexity index is 1460. The lowest BCUT2D eigenvalue weighted by Gasteiger charge is -2.10. The summed E-state index contributed by atoms with van der Waals surface area (Å²) >= 11 is 0. The van der Waals surface area contributed by atoms with Crippen molar-refractivity contribution in [1.29, 1.82) is 0 Å². The van der Waals surface area contributed by atoms with Crippen molar-refractivity contribution in [3.63, 3.8) is 0 Å². The van der Waals surface area contributed by atoms with Gasteiger partial charge in [0.2, 0.25) is 5.78 Å². The van der Waals surface area contributed by atoms with Crippen LogP contribution in [-0.2, 0) is 6.54 Å². The van der Waals surface area contributed by atoms with Crippen LogP contribution >= 0.6 is 0 Å². The fourth-order valence-electron chi connectivity index (χ4n) is 4.36. The third-order valence-electron chi connectivity index (χ3n) is 6.23. The largest absolute Gasteiger partial charge is 0.497 e. The topological polar surface area (TPSA) is 49.7 Å². The number of nitrogens with zero attached hydrogens (tertiary/aromatic N) is 1. The first-order valence-electron chi connectivity index (χ1n) is 11.7. The predicted octanol–water partition coefficient (Wildman–Crippen LogP) is 6.69. The number of allylic oxidation sites excluding steroid dienone is 1. The lowest BCUT2D eigenvalue weighted by molar-refractivity contribution is 0.101. The number of Topliss-reactive ketones (excluding diaryl/α,β-unsaturated/α-hetero) is 1. The number of hydrogen-bond donors (Lipinski definition) is 0. The maximum absolute atomic E-state index is 13.1. The number of ether oxygens (including phenoxy) is 3. The van der Waals surface area contributed by atoms with Crippen LogP contribution in [0.4, 0.5) is 0 Å². The number of rotatable bonds is 7. The van der Waals surface area contributed by atoms with Crippen molar-refractivity contribution >= 4 is 28.8 Å². The van der Waals surface area contributed by atoms with Crippen LogP contribution in [0.5, 0.6) is 17.2 Å². The molecule has 0 aliphatic carbocycles. The number of fused-ring (bicyclic) bond motifs is 2. The summed E-state index contributed by atoms with van der Waals surface area (Å²) in [6.45, 7) is 5.25. The van der Waals surface area contributed by atoms with Crippen LogP contribution in [0.25, 0.3) is 23.1 Å². The third kappa shape index (κ3) is 4.33. The standard InChI is InChI=1S/C30H27NO4/c1-4-31-19-22(25-18-23(33-3)12-14-26(25)31)17-28-29(32)24-13-15-27(20(2)30(24)35-28)34-16-8-11-21-9-6-5-7-10-21/h5-15,17-19H,4,16H2,1-3H3/b11-8+,28-17-. The molecule has 0 atom stereocenters. The van der Waals surface area contributed by atoms with Gasteiger partial charge in [-0.3, -0.25) is 4.79 Å². The molecule has 1 aromatic heterocycles. The number of benzene rings is 3. The number of methoxy groups -OCH3 is 1. The van der Waals surface area contributed by atoms with E-state index in [0.29, 0.717) is 29.4 Å². The molecule has 0 N–H and O–H groups in total. The highest BCUT2D eigenvalue weighted by molar-refractivity contribution is 6.15. The van der Waals surface area contributed by atoms with Crippen molar-refractivity contribution in [2.45, 2.75) is 20.4 Å². The molecule has 1 aliphatic heterocycles. The molecule has 0 saturated carbocycles. The molecule has 176 valence electrons. The first-order valence-corrected chi connectivity index (χ1v) is 11.7. The van der Waals surface area contributed by atoms with E-state index < -0.39 is 0 Å². The van der Waals surface area contributed by atoms with Crippen LogP contribution in [0.1, 0.15) is 34.0 Å². The molecule has 0 amide bonds. The maximum atomic E-state index is 13.1. The summed E-state index contributed by atoms with van der Waals surface area (Å²) < 4.78 is 19.6. The summed E-state index contributed by atoms with van der Waals surface area (Å²) in [5.74, 6) is 2.21. The minimum Gasteiger partial charge on any atom is -0.497 e. The van der Waals surface area contributed by atoms with Crippen LogP contribution in [-0.4, -0.2) is 24.1 Å². The molecule has 4 aromatic rings. The first kappa shape index (κ1) is 22.5. The number of aryl methyl sites for hydroxylation is 1. The van der Waals surface area contributed by atoms with Gasteiger partial charge in [-0.2, -0.15) is 0 Å². The van der Waals surface area contributed by atoms with Gasteiger partial charge >= 0.3 is 0 Å². The van der Waals surface area contributed by atoms with Crippen molar-refractivity contribution in [3.05, 3.63) is 101 Å². The van der Waals surface area contributed by atoms with Crippen LogP contribution in [0.3, 0.4) is 0 Å². The summed E-state index contributed by atoms with van der Waals surface area (Å²) in [4.78, 5) is 13.1. The van der Waals surface area contributed by atoms with Gasteiger partial charge in [-0.25, -0.2) is 0 Å². The molecule has 35 heavy (non-hydrogen) atoms. The zero-order chi connectivity index (χ0) is 24.4. The Labute approximate surface area is 204 Å². The van der Waals surface area contributed by atoms with Gasteiger partial charge in [-0.15, -0.1) is 0 Å². The molecule has 5 heteroatoms. The highest BCUT2D eigenvalue weighted by atomic mass is 16.5. The van der Waals surface area contributed by atoms with Crippen molar-refractivity contribution < 1.29 is 19.0 Å². The monoisotopic (exact) mass is 465 g/mol. The summed E-state index contributed by atoms with van der Waals surface area (Å²) in [5.41, 5.74) is 4.48. The van der Waals surface area contributed by atoms with Crippen molar-refractivity contribution in [3.8, 4) is 17.2 Å². The molecular weight excluding hydrogens is 438 g/mol. The molecule has 0 radical (unpaired) electrons. The molecule has 0 unspecified atom stereocenters. The van der Waals surface area contributed by atoms with Crippen LogP contribution in [0.15, 0.2) is 78.7 Å². The Balaban J connectivity index is 1.40. The summed E-state index contributed by atoms with van der Waals surface area (Å²) in [5, 5.41) is 1.01. The second kappa shape index (κ2) is 9.55. The molecule has 0 saturated heterocycles. The molecule has 3 aromatic carbocycles. The molecule has 0 fully saturated rings. The van der Waals surface area contributed by atoms with E-state index in [1.54, 1.807) is 13.2 Å². The second-order valence-corrected chi connectivity index (χ2v) is 8.38. The van der Waals surface area contributed by atoms with Gasteiger partial charge in [0.1, 0.15) is 23.9 Å². The number of ketones is 1. The highest BCUT2D eigenvalue weighted by Gasteiger charge is 2.30. The van der Waals surface area contributed by atoms with E-state index in [1.165, 1.54) is 0 Å². The Morgan fingerprint density at radius 1 is 1.06 bits per heavy atom. The van der Waals surface area contributed by atoms with E-state index in [-0.39, 0.29) is 5.78 Å². The number of carbonyl (C=O) groups is 1. The van der Waals surface area contributed by atoms with E-state index >= 15 is 0 Å². The first-order chi connectivity index (χ1) is 17.1. The van der Waals surface area contributed by atoms with Gasteiger partial charge < -0.3 is 18.8 Å². The van der Waals surface area contributed by atoms with E-state index in [9.17, 15) is 4.79 Å². The van der Waals surface area contributed by atoms with Gasteiger partial charge in [0.05, 0.1) is 12.7 Å². The zero-order valence-electron chi connectivity index (χ0n) is 20.1. The minimum absolute atomic E-state index is 0.126. The molecule has 2 heterocycles. The molecule has 0 spiro atoms. The van der Waals surface area contributed by atoms with Gasteiger partial charge in [0.15, 0.2) is 5.76 Å². The van der Waals surface area contributed by atoms with Gasteiger partial charge in [-0.05, 0) is 61.9 Å². The van der Waals surface area contributed by atoms with Crippen LogP contribution in [0, 0.1) is 6.92 Å². The van der Waals surface area contributed by atoms with Crippen molar-refractivity contribution in [2.24, 2.45) is 0 Å². The van der Waals surface area contributed by atoms with E-state index in [2.05, 4.69) is 11.5 Å². The Kier molecular flexibility index (Phi) is 6.15. The van der Waals surface area contributed by atoms with E-state index in [0.717, 1.165) is 39.9 Å². The maximum Gasteiger partial charge on any atom is 0.231 e.